The average Bonchev–Trinajstić information content (AvgIpc) is 3.02. The van der Waals surface area contributed by atoms with Crippen molar-refractivity contribution in [1.82, 2.24) is 14.4 Å². The minimum Gasteiger partial charge on any atom is -0.396 e. The second kappa shape index (κ2) is 7.41. The fraction of sp³-hybridized carbons (Fsp3) is 0.348. The maximum Gasteiger partial charge on any atom is 0.123 e. The number of aliphatic hydroxyl groups excluding tert-OH is 1. The summed E-state index contributed by atoms with van der Waals surface area (Å²) in [5.41, 5.74) is 2.50. The van der Waals surface area contributed by atoms with Crippen LogP contribution in [0, 0.1) is 0 Å². The van der Waals surface area contributed by atoms with E-state index in [2.05, 4.69) is 69.0 Å². The van der Waals surface area contributed by atoms with Crippen LogP contribution in [0.1, 0.15) is 12.1 Å². The predicted octanol–water partition coefficient (Wildman–Crippen LogP) is 1.39. The van der Waals surface area contributed by atoms with E-state index in [4.69, 9.17) is 10.1 Å². The molecule has 3 heterocycles. The normalized spacial score (nSPS) is 17.2. The molecule has 1 fully saturated rings. The Bertz CT molecular complexity index is 1110. The second-order valence-corrected chi connectivity index (χ2v) is 7.59. The van der Waals surface area contributed by atoms with E-state index in [0.29, 0.717) is 6.54 Å². The molecule has 2 aliphatic rings. The summed E-state index contributed by atoms with van der Waals surface area (Å²) < 4.78 is 2.42. The van der Waals surface area contributed by atoms with Crippen molar-refractivity contribution in [2.75, 3.05) is 39.3 Å². The first-order valence-electron chi connectivity index (χ1n) is 10.2. The molecule has 0 aliphatic carbocycles. The highest BCUT2D eigenvalue weighted by Crippen LogP contribution is 2.26. The number of rotatable bonds is 4. The Kier molecular flexibility index (Phi) is 4.63. The average molecular weight is 374 g/mol. The number of hydrogen-bond donors (Lipinski definition) is 1. The van der Waals surface area contributed by atoms with Crippen molar-refractivity contribution in [3.8, 4) is 0 Å². The van der Waals surface area contributed by atoms with Crippen LogP contribution in [0.15, 0.2) is 59.6 Å². The lowest BCUT2D eigenvalue weighted by molar-refractivity contribution is 0.157. The van der Waals surface area contributed by atoms with E-state index >= 15 is 0 Å². The van der Waals surface area contributed by atoms with Crippen molar-refractivity contribution in [1.29, 1.82) is 0 Å². The molecule has 2 aliphatic heterocycles. The van der Waals surface area contributed by atoms with Gasteiger partial charge in [-0.15, -0.1) is 0 Å². The summed E-state index contributed by atoms with van der Waals surface area (Å²) in [6, 6.07) is 19.4. The van der Waals surface area contributed by atoms with Crippen molar-refractivity contribution >= 4 is 16.7 Å². The Hall–Kier alpha value is -2.63. The van der Waals surface area contributed by atoms with E-state index < -0.39 is 0 Å². The fourth-order valence-corrected chi connectivity index (χ4v) is 4.46. The Balaban J connectivity index is 1.63. The van der Waals surface area contributed by atoms with E-state index in [1.165, 1.54) is 27.6 Å². The Morgan fingerprint density at radius 3 is 2.57 bits per heavy atom. The molecular formula is C23H26N4O. The van der Waals surface area contributed by atoms with Gasteiger partial charge in [-0.3, -0.25) is 14.5 Å². The van der Waals surface area contributed by atoms with Crippen LogP contribution >= 0.6 is 0 Å². The number of aromatic nitrogens is 1. The van der Waals surface area contributed by atoms with E-state index in [1.807, 2.05) is 0 Å². The van der Waals surface area contributed by atoms with Gasteiger partial charge < -0.3 is 10.0 Å². The van der Waals surface area contributed by atoms with Gasteiger partial charge in [0.2, 0.25) is 0 Å². The van der Waals surface area contributed by atoms with Crippen molar-refractivity contribution in [2.45, 2.75) is 13.0 Å². The zero-order valence-corrected chi connectivity index (χ0v) is 16.1. The van der Waals surface area contributed by atoms with Crippen LogP contribution in [0.3, 0.4) is 0 Å². The monoisotopic (exact) mass is 374 g/mol. The van der Waals surface area contributed by atoms with Crippen LogP contribution in [-0.4, -0.2) is 58.8 Å². The molecule has 5 rings (SSSR count). The molecule has 0 bridgehead atoms. The van der Waals surface area contributed by atoms with Gasteiger partial charge in [0, 0.05) is 55.6 Å². The summed E-state index contributed by atoms with van der Waals surface area (Å²) in [6.45, 7) is 5.97. The fourth-order valence-electron chi connectivity index (χ4n) is 4.46. The molecule has 3 aromatic rings. The minimum atomic E-state index is 0.269. The van der Waals surface area contributed by atoms with Crippen LogP contribution in [0.2, 0.25) is 0 Å². The highest BCUT2D eigenvalue weighted by Gasteiger charge is 2.24. The first-order valence-corrected chi connectivity index (χ1v) is 10.2. The summed E-state index contributed by atoms with van der Waals surface area (Å²) in [4.78, 5) is 9.89. The van der Waals surface area contributed by atoms with Gasteiger partial charge in [-0.2, -0.15) is 0 Å². The summed E-state index contributed by atoms with van der Waals surface area (Å²) >= 11 is 0. The molecule has 144 valence electrons. The van der Waals surface area contributed by atoms with Crippen LogP contribution in [-0.2, 0) is 6.54 Å². The Morgan fingerprint density at radius 1 is 0.929 bits per heavy atom. The standard InChI is InChI=1S/C23H26N4O/c28-15-5-10-25-11-13-26(14-12-25)23-20-7-2-3-8-21(20)24-17-19-16-18-6-1-4-9-22(18)27(19)23/h1-4,6-9,16,28H,5,10-15,17H2. The maximum atomic E-state index is 9.12. The summed E-state index contributed by atoms with van der Waals surface area (Å²) in [5, 5.41) is 12.7. The molecule has 1 N–H and O–H groups in total. The lowest BCUT2D eigenvalue weighted by Crippen LogP contribution is -2.49. The molecule has 1 aromatic heterocycles. The van der Waals surface area contributed by atoms with Gasteiger partial charge in [0.05, 0.1) is 17.4 Å². The maximum absolute atomic E-state index is 9.12. The van der Waals surface area contributed by atoms with Crippen molar-refractivity contribution < 1.29 is 5.11 Å². The molecule has 5 heteroatoms. The largest absolute Gasteiger partial charge is 0.396 e. The summed E-state index contributed by atoms with van der Waals surface area (Å²) in [6.07, 6.45) is 0.852. The summed E-state index contributed by atoms with van der Waals surface area (Å²) in [7, 11) is 0. The van der Waals surface area contributed by atoms with Crippen LogP contribution in [0.4, 0.5) is 0 Å². The Morgan fingerprint density at radius 2 is 1.71 bits per heavy atom. The number of piperazine rings is 1. The first-order chi connectivity index (χ1) is 13.8. The van der Waals surface area contributed by atoms with Gasteiger partial charge in [0.1, 0.15) is 5.82 Å². The molecule has 1 saturated heterocycles. The van der Waals surface area contributed by atoms with Gasteiger partial charge in [-0.25, -0.2) is 0 Å². The quantitative estimate of drug-likeness (QED) is 0.751. The molecule has 5 nitrogen and oxygen atoms in total. The predicted molar refractivity (Wildman–Crippen MR) is 111 cm³/mol. The third-order valence-electron chi connectivity index (χ3n) is 5.86. The van der Waals surface area contributed by atoms with Gasteiger partial charge in [0.25, 0.3) is 0 Å². The first kappa shape index (κ1) is 17.5. The van der Waals surface area contributed by atoms with Gasteiger partial charge in [-0.1, -0.05) is 30.3 Å². The molecule has 0 unspecified atom stereocenters. The minimum absolute atomic E-state index is 0.269. The molecule has 28 heavy (non-hydrogen) atoms. The molecule has 0 amide bonds. The third-order valence-corrected chi connectivity index (χ3v) is 5.86. The van der Waals surface area contributed by atoms with Gasteiger partial charge in [0.15, 0.2) is 0 Å². The van der Waals surface area contributed by atoms with Crippen LogP contribution in [0.25, 0.3) is 16.7 Å². The molecule has 0 radical (unpaired) electrons. The van der Waals surface area contributed by atoms with Crippen LogP contribution < -0.4 is 10.6 Å². The molecule has 2 aromatic carbocycles. The zero-order chi connectivity index (χ0) is 18.9. The highest BCUT2D eigenvalue weighted by atomic mass is 16.3. The Labute approximate surface area is 164 Å². The smallest absolute Gasteiger partial charge is 0.123 e. The third kappa shape index (κ3) is 3.01. The van der Waals surface area contributed by atoms with E-state index in [9.17, 15) is 0 Å². The summed E-state index contributed by atoms with van der Waals surface area (Å²) in [5.74, 6) is 1.26. The second-order valence-electron chi connectivity index (χ2n) is 7.59. The lowest BCUT2D eigenvalue weighted by atomic mass is 10.2. The SMILES string of the molecule is OCCCN1CCN(C2=c3ccccc3=NCc3cc4ccccc4n32)CC1. The molecule has 0 spiro atoms. The highest BCUT2D eigenvalue weighted by molar-refractivity contribution is 5.84. The number of benzene rings is 2. The van der Waals surface area contributed by atoms with Crippen LogP contribution in [0.5, 0.6) is 0 Å². The lowest BCUT2D eigenvalue weighted by Gasteiger charge is -2.38. The number of fused-ring (bicyclic) bond motifs is 4. The topological polar surface area (TPSA) is 44.0 Å². The molecular weight excluding hydrogens is 348 g/mol. The van der Waals surface area contributed by atoms with Gasteiger partial charge in [-0.05, 0) is 30.7 Å². The van der Waals surface area contributed by atoms with Crippen molar-refractivity contribution in [3.63, 3.8) is 0 Å². The number of para-hydroxylation sites is 2. The number of aliphatic hydroxyl groups is 1. The van der Waals surface area contributed by atoms with Crippen molar-refractivity contribution in [3.05, 3.63) is 70.9 Å². The van der Waals surface area contributed by atoms with Gasteiger partial charge >= 0.3 is 0 Å². The molecule has 0 saturated carbocycles. The van der Waals surface area contributed by atoms with Crippen molar-refractivity contribution in [2.24, 2.45) is 4.99 Å². The number of nitrogens with zero attached hydrogens (tertiary/aromatic N) is 4. The number of hydrogen-bond acceptors (Lipinski definition) is 4. The van der Waals surface area contributed by atoms with E-state index in [-0.39, 0.29) is 6.61 Å². The zero-order valence-electron chi connectivity index (χ0n) is 16.1. The molecule has 0 atom stereocenters. The van der Waals surface area contributed by atoms with E-state index in [0.717, 1.165) is 44.5 Å². The van der Waals surface area contributed by atoms with E-state index in [1.54, 1.807) is 0 Å².